The van der Waals surface area contributed by atoms with E-state index in [4.69, 9.17) is 10.5 Å². The van der Waals surface area contributed by atoms with Crippen molar-refractivity contribution in [3.8, 4) is 5.75 Å². The summed E-state index contributed by atoms with van der Waals surface area (Å²) in [5.74, 6) is 2.23. The largest absolute Gasteiger partial charge is 0.497 e. The molecule has 1 saturated heterocycles. The van der Waals surface area contributed by atoms with Crippen LogP contribution in [0.25, 0.3) is 0 Å². The summed E-state index contributed by atoms with van der Waals surface area (Å²) in [5, 5.41) is 0. The predicted octanol–water partition coefficient (Wildman–Crippen LogP) is 0.846. The minimum absolute atomic E-state index is 0.651. The van der Waals surface area contributed by atoms with Crippen LogP contribution in [0.3, 0.4) is 0 Å². The highest BCUT2D eigenvalue weighted by molar-refractivity contribution is 7.85. The van der Waals surface area contributed by atoms with Crippen molar-refractivity contribution >= 4 is 22.2 Å². The van der Waals surface area contributed by atoms with E-state index in [2.05, 4.69) is 4.90 Å². The van der Waals surface area contributed by atoms with E-state index in [1.54, 1.807) is 13.2 Å². The molecule has 16 heavy (non-hydrogen) atoms. The molecule has 1 aliphatic rings. The molecule has 88 valence electrons. The van der Waals surface area contributed by atoms with Crippen LogP contribution in [0.2, 0.25) is 0 Å². The highest BCUT2D eigenvalue weighted by Gasteiger charge is 2.16. The van der Waals surface area contributed by atoms with Crippen LogP contribution < -0.4 is 15.4 Å². The van der Waals surface area contributed by atoms with Crippen molar-refractivity contribution in [3.63, 3.8) is 0 Å². The van der Waals surface area contributed by atoms with Crippen molar-refractivity contribution in [2.24, 2.45) is 0 Å². The molecule has 0 unspecified atom stereocenters. The lowest BCUT2D eigenvalue weighted by Gasteiger charge is -2.28. The average molecular weight is 240 g/mol. The maximum absolute atomic E-state index is 11.3. The number of nitrogen functional groups attached to an aromatic ring is 1. The molecule has 1 heterocycles. The Morgan fingerprint density at radius 1 is 1.31 bits per heavy atom. The second kappa shape index (κ2) is 4.74. The summed E-state index contributed by atoms with van der Waals surface area (Å²) >= 11 is 0. The van der Waals surface area contributed by atoms with Crippen LogP contribution in [-0.4, -0.2) is 35.9 Å². The molecule has 5 heteroatoms. The molecule has 1 aromatic carbocycles. The SMILES string of the molecule is COc1cc(N)cc(N2CCS(=O)CC2)c1. The van der Waals surface area contributed by atoms with Gasteiger partial charge in [0.25, 0.3) is 0 Å². The number of benzene rings is 1. The first-order chi connectivity index (χ1) is 7.69. The van der Waals surface area contributed by atoms with Gasteiger partial charge in [-0.2, -0.15) is 0 Å². The zero-order chi connectivity index (χ0) is 11.5. The summed E-state index contributed by atoms with van der Waals surface area (Å²) in [7, 11) is 0.977. The molecule has 0 radical (unpaired) electrons. The average Bonchev–Trinajstić information content (AvgIpc) is 2.29. The number of methoxy groups -OCH3 is 1. The zero-order valence-electron chi connectivity index (χ0n) is 9.31. The number of rotatable bonds is 2. The van der Waals surface area contributed by atoms with Gasteiger partial charge in [0, 0.05) is 58.9 Å². The monoisotopic (exact) mass is 240 g/mol. The van der Waals surface area contributed by atoms with Crippen molar-refractivity contribution in [2.75, 3.05) is 42.3 Å². The Hall–Kier alpha value is -1.23. The van der Waals surface area contributed by atoms with Gasteiger partial charge in [-0.15, -0.1) is 0 Å². The second-order valence-electron chi connectivity index (χ2n) is 3.80. The van der Waals surface area contributed by atoms with Gasteiger partial charge in [-0.05, 0) is 6.07 Å². The van der Waals surface area contributed by atoms with Crippen LogP contribution in [0.1, 0.15) is 0 Å². The Balaban J connectivity index is 2.19. The van der Waals surface area contributed by atoms with E-state index < -0.39 is 10.8 Å². The van der Waals surface area contributed by atoms with E-state index in [0.717, 1.165) is 36.0 Å². The maximum atomic E-state index is 11.3. The van der Waals surface area contributed by atoms with Crippen molar-refractivity contribution < 1.29 is 8.95 Å². The Kier molecular flexibility index (Phi) is 3.33. The summed E-state index contributed by atoms with van der Waals surface area (Å²) in [6.45, 7) is 1.64. The van der Waals surface area contributed by atoms with E-state index >= 15 is 0 Å². The molecule has 1 aliphatic heterocycles. The molecular formula is C11H16N2O2S. The van der Waals surface area contributed by atoms with Crippen LogP contribution in [0.5, 0.6) is 5.75 Å². The van der Waals surface area contributed by atoms with Gasteiger partial charge < -0.3 is 15.4 Å². The van der Waals surface area contributed by atoms with Crippen LogP contribution in [0, 0.1) is 0 Å². The van der Waals surface area contributed by atoms with Crippen molar-refractivity contribution in [1.29, 1.82) is 0 Å². The molecule has 0 saturated carbocycles. The topological polar surface area (TPSA) is 55.6 Å². The van der Waals surface area contributed by atoms with Gasteiger partial charge in [0.05, 0.1) is 7.11 Å². The van der Waals surface area contributed by atoms with E-state index in [1.807, 2.05) is 12.1 Å². The van der Waals surface area contributed by atoms with Gasteiger partial charge in [-0.3, -0.25) is 4.21 Å². The van der Waals surface area contributed by atoms with Gasteiger partial charge in [0.15, 0.2) is 0 Å². The molecule has 0 aliphatic carbocycles. The Labute approximate surface area is 97.8 Å². The number of ether oxygens (including phenoxy) is 1. The van der Waals surface area contributed by atoms with Crippen molar-refractivity contribution in [1.82, 2.24) is 0 Å². The normalized spacial score (nSPS) is 17.4. The standard InChI is InChI=1S/C11H16N2O2S/c1-15-11-7-9(12)6-10(8-11)13-2-4-16(14)5-3-13/h6-8H,2-5,12H2,1H3. The minimum Gasteiger partial charge on any atom is -0.497 e. The summed E-state index contributed by atoms with van der Waals surface area (Å²) in [5.41, 5.74) is 7.55. The zero-order valence-corrected chi connectivity index (χ0v) is 10.1. The molecule has 0 spiro atoms. The molecule has 1 fully saturated rings. The molecule has 2 rings (SSSR count). The van der Waals surface area contributed by atoms with Crippen molar-refractivity contribution in [3.05, 3.63) is 18.2 Å². The molecular weight excluding hydrogens is 224 g/mol. The second-order valence-corrected chi connectivity index (χ2v) is 5.50. The maximum Gasteiger partial charge on any atom is 0.122 e. The number of hydrogen-bond acceptors (Lipinski definition) is 4. The third-order valence-corrected chi connectivity index (χ3v) is 3.97. The lowest BCUT2D eigenvalue weighted by Crippen LogP contribution is -2.37. The van der Waals surface area contributed by atoms with E-state index in [1.165, 1.54) is 0 Å². The van der Waals surface area contributed by atoms with Crippen LogP contribution in [0.4, 0.5) is 11.4 Å². The number of anilines is 2. The minimum atomic E-state index is -0.651. The lowest BCUT2D eigenvalue weighted by atomic mass is 10.2. The summed E-state index contributed by atoms with van der Waals surface area (Å²) in [4.78, 5) is 2.19. The van der Waals surface area contributed by atoms with E-state index in [9.17, 15) is 4.21 Å². The smallest absolute Gasteiger partial charge is 0.122 e. The third kappa shape index (κ3) is 2.47. The quantitative estimate of drug-likeness (QED) is 0.779. The number of hydrogen-bond donors (Lipinski definition) is 1. The Bertz CT molecular complexity index is 399. The summed E-state index contributed by atoms with van der Waals surface area (Å²) < 4.78 is 16.4. The first-order valence-electron chi connectivity index (χ1n) is 5.23. The highest BCUT2D eigenvalue weighted by atomic mass is 32.2. The first-order valence-corrected chi connectivity index (χ1v) is 6.72. The van der Waals surface area contributed by atoms with Crippen LogP contribution in [0.15, 0.2) is 18.2 Å². The van der Waals surface area contributed by atoms with Crippen LogP contribution in [-0.2, 0) is 10.8 Å². The van der Waals surface area contributed by atoms with Gasteiger partial charge in [0.1, 0.15) is 5.75 Å². The molecule has 0 amide bonds. The summed E-state index contributed by atoms with van der Waals surface area (Å²) in [6, 6.07) is 5.69. The molecule has 1 aromatic rings. The van der Waals surface area contributed by atoms with Gasteiger partial charge >= 0.3 is 0 Å². The fourth-order valence-corrected chi connectivity index (χ4v) is 2.85. The van der Waals surface area contributed by atoms with Crippen LogP contribution >= 0.6 is 0 Å². The number of nitrogens with two attached hydrogens (primary N) is 1. The van der Waals surface area contributed by atoms with Crippen molar-refractivity contribution in [2.45, 2.75) is 0 Å². The molecule has 0 aromatic heterocycles. The molecule has 0 bridgehead atoms. The third-order valence-electron chi connectivity index (χ3n) is 2.69. The Morgan fingerprint density at radius 3 is 2.62 bits per heavy atom. The number of nitrogens with zero attached hydrogens (tertiary/aromatic N) is 1. The van der Waals surface area contributed by atoms with Gasteiger partial charge in [0.2, 0.25) is 0 Å². The van der Waals surface area contributed by atoms with Gasteiger partial charge in [-0.25, -0.2) is 0 Å². The Morgan fingerprint density at radius 2 is 2.00 bits per heavy atom. The van der Waals surface area contributed by atoms with E-state index in [0.29, 0.717) is 5.69 Å². The van der Waals surface area contributed by atoms with E-state index in [-0.39, 0.29) is 0 Å². The fourth-order valence-electron chi connectivity index (χ4n) is 1.80. The molecule has 2 N–H and O–H groups in total. The molecule has 0 atom stereocenters. The fraction of sp³-hybridized carbons (Fsp3) is 0.455. The lowest BCUT2D eigenvalue weighted by molar-refractivity contribution is 0.415. The van der Waals surface area contributed by atoms with Gasteiger partial charge in [-0.1, -0.05) is 0 Å². The predicted molar refractivity (Wildman–Crippen MR) is 67.5 cm³/mol. The summed E-state index contributed by atoms with van der Waals surface area (Å²) in [6.07, 6.45) is 0. The highest BCUT2D eigenvalue weighted by Crippen LogP contribution is 2.26. The molecule has 4 nitrogen and oxygen atoms in total. The first kappa shape index (κ1) is 11.3.